The largest absolute Gasteiger partial charge is 0.493 e. The summed E-state index contributed by atoms with van der Waals surface area (Å²) in [5.41, 5.74) is 0.645. The van der Waals surface area contributed by atoms with Gasteiger partial charge in [-0.1, -0.05) is 6.07 Å². The van der Waals surface area contributed by atoms with Crippen molar-refractivity contribution in [3.8, 4) is 11.5 Å². The lowest BCUT2D eigenvalue weighted by Gasteiger charge is -2.11. The molecule has 0 saturated heterocycles. The van der Waals surface area contributed by atoms with E-state index in [0.717, 1.165) is 10.0 Å². The zero-order chi connectivity index (χ0) is 16.8. The monoisotopic (exact) mass is 380 g/mol. The molecule has 23 heavy (non-hydrogen) atoms. The van der Waals surface area contributed by atoms with Crippen LogP contribution in [0.2, 0.25) is 0 Å². The summed E-state index contributed by atoms with van der Waals surface area (Å²) in [5.74, 6) is 0.978. The smallest absolute Gasteiger partial charge is 0.251 e. The van der Waals surface area contributed by atoms with Gasteiger partial charge in [-0.15, -0.1) is 0 Å². The van der Waals surface area contributed by atoms with Crippen LogP contribution in [0.3, 0.4) is 0 Å². The van der Waals surface area contributed by atoms with Crippen molar-refractivity contribution in [3.05, 3.63) is 56.9 Å². The van der Waals surface area contributed by atoms with Gasteiger partial charge in [-0.05, 0) is 39.7 Å². The third-order valence-electron chi connectivity index (χ3n) is 3.20. The Kier molecular flexibility index (Phi) is 5.81. The first-order valence-corrected chi connectivity index (χ1v) is 7.66. The van der Waals surface area contributed by atoms with E-state index in [2.05, 4.69) is 21.2 Å². The second-order valence-electron chi connectivity index (χ2n) is 4.78. The minimum Gasteiger partial charge on any atom is -0.493 e. The number of pyridine rings is 1. The van der Waals surface area contributed by atoms with Gasteiger partial charge in [0.05, 0.1) is 14.2 Å². The highest BCUT2D eigenvalue weighted by atomic mass is 79.9. The molecule has 0 radical (unpaired) electrons. The van der Waals surface area contributed by atoms with Gasteiger partial charge in [0.15, 0.2) is 11.5 Å². The zero-order valence-corrected chi connectivity index (χ0v) is 14.4. The maximum atomic E-state index is 12.0. The summed E-state index contributed by atoms with van der Waals surface area (Å²) in [6.45, 7) is 0.299. The Balaban J connectivity index is 1.99. The highest BCUT2D eigenvalue weighted by molar-refractivity contribution is 9.10. The number of benzene rings is 1. The molecule has 1 amide bonds. The van der Waals surface area contributed by atoms with Crippen molar-refractivity contribution in [1.29, 1.82) is 0 Å². The SMILES string of the molecule is COc1ccc(CNC(=O)Cn2cc(Br)ccc2=O)cc1OC. The second-order valence-corrected chi connectivity index (χ2v) is 5.70. The predicted molar refractivity (Wildman–Crippen MR) is 89.8 cm³/mol. The van der Waals surface area contributed by atoms with Crippen molar-refractivity contribution in [2.75, 3.05) is 14.2 Å². The molecule has 6 nitrogen and oxygen atoms in total. The van der Waals surface area contributed by atoms with E-state index < -0.39 is 0 Å². The molecule has 0 atom stereocenters. The molecular weight excluding hydrogens is 364 g/mol. The molecule has 1 heterocycles. The van der Waals surface area contributed by atoms with Gasteiger partial charge < -0.3 is 19.4 Å². The number of rotatable bonds is 6. The Bertz CT molecular complexity index is 758. The molecule has 1 N–H and O–H groups in total. The molecule has 0 bridgehead atoms. The fourth-order valence-electron chi connectivity index (χ4n) is 2.03. The Morgan fingerprint density at radius 1 is 1.17 bits per heavy atom. The van der Waals surface area contributed by atoms with Gasteiger partial charge in [0.2, 0.25) is 5.91 Å². The van der Waals surface area contributed by atoms with Crippen molar-refractivity contribution in [2.45, 2.75) is 13.1 Å². The Hall–Kier alpha value is -2.28. The van der Waals surface area contributed by atoms with Gasteiger partial charge in [0, 0.05) is 23.3 Å². The first-order chi connectivity index (χ1) is 11.0. The van der Waals surface area contributed by atoms with Crippen molar-refractivity contribution in [1.82, 2.24) is 9.88 Å². The Labute approximate surface area is 142 Å². The number of methoxy groups -OCH3 is 2. The van der Waals surface area contributed by atoms with Crippen LogP contribution in [-0.2, 0) is 17.9 Å². The van der Waals surface area contributed by atoms with Crippen molar-refractivity contribution in [2.24, 2.45) is 0 Å². The van der Waals surface area contributed by atoms with Gasteiger partial charge >= 0.3 is 0 Å². The zero-order valence-electron chi connectivity index (χ0n) is 12.8. The molecule has 0 aliphatic carbocycles. The lowest BCUT2D eigenvalue weighted by molar-refractivity contribution is -0.121. The first-order valence-electron chi connectivity index (χ1n) is 6.87. The number of amides is 1. The topological polar surface area (TPSA) is 69.6 Å². The summed E-state index contributed by atoms with van der Waals surface area (Å²) in [4.78, 5) is 23.7. The molecule has 0 aliphatic rings. The van der Waals surface area contributed by atoms with E-state index >= 15 is 0 Å². The number of halogens is 1. The Morgan fingerprint density at radius 3 is 2.61 bits per heavy atom. The van der Waals surface area contributed by atoms with Gasteiger partial charge in [-0.2, -0.15) is 0 Å². The van der Waals surface area contributed by atoms with Crippen LogP contribution in [0.1, 0.15) is 5.56 Å². The maximum absolute atomic E-state index is 12.0. The number of nitrogens with zero attached hydrogens (tertiary/aromatic N) is 1. The standard InChI is InChI=1S/C16H17BrN2O4/c1-22-13-5-3-11(7-14(13)23-2)8-18-15(20)10-19-9-12(17)4-6-16(19)21/h3-7,9H,8,10H2,1-2H3,(H,18,20). The van der Waals surface area contributed by atoms with Gasteiger partial charge in [0.25, 0.3) is 5.56 Å². The summed E-state index contributed by atoms with van der Waals surface area (Å²) in [7, 11) is 3.12. The van der Waals surface area contributed by atoms with Crippen LogP contribution in [0.4, 0.5) is 0 Å². The molecule has 2 rings (SSSR count). The number of aromatic nitrogens is 1. The quantitative estimate of drug-likeness (QED) is 0.831. The normalized spacial score (nSPS) is 10.2. The van der Waals surface area contributed by atoms with Crippen LogP contribution >= 0.6 is 15.9 Å². The molecular formula is C16H17BrN2O4. The molecule has 0 saturated carbocycles. The van der Waals surface area contributed by atoms with Crippen LogP contribution in [0, 0.1) is 0 Å². The number of ether oxygens (including phenoxy) is 2. The molecule has 0 unspecified atom stereocenters. The number of hydrogen-bond donors (Lipinski definition) is 1. The van der Waals surface area contributed by atoms with E-state index in [-0.39, 0.29) is 18.0 Å². The minimum atomic E-state index is -0.250. The van der Waals surface area contributed by atoms with Crippen molar-refractivity contribution < 1.29 is 14.3 Å². The van der Waals surface area contributed by atoms with Crippen LogP contribution < -0.4 is 20.3 Å². The van der Waals surface area contributed by atoms with E-state index in [4.69, 9.17) is 9.47 Å². The summed E-state index contributed by atoms with van der Waals surface area (Å²) in [6, 6.07) is 8.46. The van der Waals surface area contributed by atoms with Crippen molar-refractivity contribution >= 4 is 21.8 Å². The van der Waals surface area contributed by atoms with E-state index in [0.29, 0.717) is 18.0 Å². The van der Waals surface area contributed by atoms with Crippen LogP contribution in [0.15, 0.2) is 45.8 Å². The molecule has 1 aromatic carbocycles. The highest BCUT2D eigenvalue weighted by Gasteiger charge is 2.07. The van der Waals surface area contributed by atoms with E-state index in [1.807, 2.05) is 6.07 Å². The number of carbonyl (C=O) groups is 1. The number of carbonyl (C=O) groups excluding carboxylic acids is 1. The minimum absolute atomic E-state index is 0.0361. The average molecular weight is 381 g/mol. The molecule has 7 heteroatoms. The molecule has 0 fully saturated rings. The third kappa shape index (κ3) is 4.59. The summed E-state index contributed by atoms with van der Waals surface area (Å²) >= 11 is 3.27. The van der Waals surface area contributed by atoms with Crippen LogP contribution in [0.5, 0.6) is 11.5 Å². The third-order valence-corrected chi connectivity index (χ3v) is 3.67. The lowest BCUT2D eigenvalue weighted by atomic mass is 10.2. The second kappa shape index (κ2) is 7.82. The highest BCUT2D eigenvalue weighted by Crippen LogP contribution is 2.27. The molecule has 0 spiro atoms. The summed E-state index contributed by atoms with van der Waals surface area (Å²) in [5, 5.41) is 2.77. The van der Waals surface area contributed by atoms with E-state index in [1.165, 1.54) is 10.6 Å². The van der Waals surface area contributed by atoms with Crippen LogP contribution in [-0.4, -0.2) is 24.7 Å². The van der Waals surface area contributed by atoms with E-state index in [1.54, 1.807) is 38.6 Å². The maximum Gasteiger partial charge on any atom is 0.251 e. The predicted octanol–water partition coefficient (Wildman–Crippen LogP) is 1.94. The van der Waals surface area contributed by atoms with Gasteiger partial charge in [-0.25, -0.2) is 0 Å². The molecule has 1 aromatic heterocycles. The van der Waals surface area contributed by atoms with Crippen LogP contribution in [0.25, 0.3) is 0 Å². The van der Waals surface area contributed by atoms with E-state index in [9.17, 15) is 9.59 Å². The lowest BCUT2D eigenvalue weighted by Crippen LogP contribution is -2.31. The first kappa shape index (κ1) is 17.1. The average Bonchev–Trinajstić information content (AvgIpc) is 2.56. The summed E-state index contributed by atoms with van der Waals surface area (Å²) in [6.07, 6.45) is 1.58. The summed E-state index contributed by atoms with van der Waals surface area (Å²) < 4.78 is 12.5. The fourth-order valence-corrected chi connectivity index (χ4v) is 2.41. The van der Waals surface area contributed by atoms with Crippen molar-refractivity contribution in [3.63, 3.8) is 0 Å². The molecule has 0 aliphatic heterocycles. The molecule has 2 aromatic rings. The Morgan fingerprint density at radius 2 is 1.91 bits per heavy atom. The number of nitrogens with one attached hydrogen (secondary N) is 1. The van der Waals surface area contributed by atoms with Gasteiger partial charge in [-0.3, -0.25) is 9.59 Å². The fraction of sp³-hybridized carbons (Fsp3) is 0.250. The number of hydrogen-bond acceptors (Lipinski definition) is 4. The van der Waals surface area contributed by atoms with Gasteiger partial charge in [0.1, 0.15) is 6.54 Å². The molecule has 122 valence electrons.